The first-order valence-electron chi connectivity index (χ1n) is 9.52. The minimum atomic E-state index is -0.796. The second kappa shape index (κ2) is 9.90. The number of nitrogens with one attached hydrogen (secondary N) is 1. The van der Waals surface area contributed by atoms with Crippen LogP contribution in [0.5, 0.6) is 0 Å². The summed E-state index contributed by atoms with van der Waals surface area (Å²) in [7, 11) is 0. The van der Waals surface area contributed by atoms with E-state index in [0.29, 0.717) is 32.2 Å². The van der Waals surface area contributed by atoms with Crippen LogP contribution >= 0.6 is 0 Å². The van der Waals surface area contributed by atoms with Gasteiger partial charge in [-0.15, -0.1) is 0 Å². The molecule has 1 heterocycles. The normalized spacial score (nSPS) is 21.5. The zero-order valence-corrected chi connectivity index (χ0v) is 16.5. The molecule has 1 aliphatic heterocycles. The topological polar surface area (TPSA) is 107 Å². The van der Waals surface area contributed by atoms with Crippen LogP contribution in [0.15, 0.2) is 0 Å². The predicted octanol–water partition coefficient (Wildman–Crippen LogP) is 1.92. The Morgan fingerprint density at radius 2 is 1.69 bits per heavy atom. The molecule has 0 aliphatic carbocycles. The number of carbonyl (C=O) groups excluding carboxylic acids is 2. The number of hydrogen-bond donors (Lipinski definition) is 3. The molecular weight excluding hydrogens is 336 g/mol. The molecule has 26 heavy (non-hydrogen) atoms. The smallest absolute Gasteiger partial charge is 0.303 e. The van der Waals surface area contributed by atoms with Crippen LogP contribution in [-0.2, 0) is 14.4 Å². The molecule has 0 saturated carbocycles. The summed E-state index contributed by atoms with van der Waals surface area (Å²) in [4.78, 5) is 37.3. The number of nitrogens with zero attached hydrogens (tertiary/aromatic N) is 1. The summed E-state index contributed by atoms with van der Waals surface area (Å²) in [5, 5.41) is 21.3. The largest absolute Gasteiger partial charge is 0.481 e. The van der Waals surface area contributed by atoms with E-state index in [9.17, 15) is 19.5 Å². The molecule has 0 unspecified atom stereocenters. The molecule has 0 aromatic carbocycles. The molecular formula is C19H34N2O5. The molecule has 0 bridgehead atoms. The van der Waals surface area contributed by atoms with Crippen molar-refractivity contribution in [2.75, 3.05) is 6.54 Å². The lowest BCUT2D eigenvalue weighted by molar-refractivity contribution is -0.140. The van der Waals surface area contributed by atoms with Gasteiger partial charge in [-0.2, -0.15) is 0 Å². The van der Waals surface area contributed by atoms with Gasteiger partial charge in [0.1, 0.15) is 6.04 Å². The van der Waals surface area contributed by atoms with E-state index in [2.05, 4.69) is 5.32 Å². The zero-order valence-electron chi connectivity index (χ0n) is 16.5. The lowest BCUT2D eigenvalue weighted by Gasteiger charge is -2.35. The van der Waals surface area contributed by atoms with Crippen molar-refractivity contribution in [3.8, 4) is 0 Å². The number of amides is 2. The average Bonchev–Trinajstić information content (AvgIpc) is 2.85. The van der Waals surface area contributed by atoms with E-state index < -0.39 is 23.5 Å². The number of aliphatic carboxylic acids is 1. The molecule has 150 valence electrons. The number of unbranched alkanes of at least 4 members (excludes halogenated alkanes) is 3. The Balaban J connectivity index is 2.50. The summed E-state index contributed by atoms with van der Waals surface area (Å²) < 4.78 is 0. The molecule has 1 rings (SSSR count). The van der Waals surface area contributed by atoms with E-state index >= 15 is 0 Å². The highest BCUT2D eigenvalue weighted by atomic mass is 16.4. The Morgan fingerprint density at radius 1 is 1.12 bits per heavy atom. The molecule has 1 aliphatic rings. The maximum absolute atomic E-state index is 12.9. The van der Waals surface area contributed by atoms with Crippen LogP contribution < -0.4 is 5.32 Å². The number of likely N-dealkylation sites (tertiary alicyclic amines) is 1. The second-order valence-electron chi connectivity index (χ2n) is 8.40. The lowest BCUT2D eigenvalue weighted by atomic mass is 9.85. The number of β-amino-alcohol motifs (C(OH)–C–C–N with tert-alkyl or cyclic N) is 1. The van der Waals surface area contributed by atoms with Gasteiger partial charge in [-0.3, -0.25) is 14.4 Å². The molecule has 1 fully saturated rings. The molecule has 1 saturated heterocycles. The monoisotopic (exact) mass is 370 g/mol. The van der Waals surface area contributed by atoms with Crippen LogP contribution in [0.4, 0.5) is 0 Å². The van der Waals surface area contributed by atoms with Crippen molar-refractivity contribution < 1.29 is 24.6 Å². The summed E-state index contributed by atoms with van der Waals surface area (Å²) in [5.41, 5.74) is -0.429. The van der Waals surface area contributed by atoms with E-state index in [-0.39, 0.29) is 24.3 Å². The Kier molecular flexibility index (Phi) is 8.53. The van der Waals surface area contributed by atoms with Crippen LogP contribution in [0.25, 0.3) is 0 Å². The molecule has 7 nitrogen and oxygen atoms in total. The molecule has 3 N–H and O–H groups in total. The van der Waals surface area contributed by atoms with Gasteiger partial charge < -0.3 is 20.4 Å². The number of hydrogen-bond acceptors (Lipinski definition) is 4. The average molecular weight is 370 g/mol. The number of carbonyl (C=O) groups is 3. The number of aliphatic hydroxyl groups excluding tert-OH is 1. The highest BCUT2D eigenvalue weighted by molar-refractivity contribution is 5.88. The highest BCUT2D eigenvalue weighted by Gasteiger charge is 2.40. The van der Waals surface area contributed by atoms with E-state index in [1.165, 1.54) is 0 Å². The second-order valence-corrected chi connectivity index (χ2v) is 8.40. The van der Waals surface area contributed by atoms with Crippen LogP contribution in [0, 0.1) is 5.41 Å². The lowest BCUT2D eigenvalue weighted by Crippen LogP contribution is -2.55. The van der Waals surface area contributed by atoms with Crippen molar-refractivity contribution >= 4 is 17.8 Å². The molecule has 0 radical (unpaired) electrons. The van der Waals surface area contributed by atoms with Crippen molar-refractivity contribution in [3.63, 3.8) is 0 Å². The maximum atomic E-state index is 12.9. The van der Waals surface area contributed by atoms with E-state index in [4.69, 9.17) is 5.11 Å². The standard InChI is InChI=1S/C19H34N2O5/c1-13-11-14(22)12-21(13)18(26)17(19(2,3)4)20-15(23)9-7-5-6-8-10-16(24)25/h13-14,17,22H,5-12H2,1-4H3,(H,20,23)(H,24,25)/t13-,14-,17-/m1/s1. The number of rotatable bonds is 9. The van der Waals surface area contributed by atoms with Gasteiger partial charge >= 0.3 is 5.97 Å². The van der Waals surface area contributed by atoms with Crippen molar-refractivity contribution in [3.05, 3.63) is 0 Å². The van der Waals surface area contributed by atoms with Gasteiger partial charge in [0.05, 0.1) is 6.10 Å². The van der Waals surface area contributed by atoms with Gasteiger partial charge in [-0.25, -0.2) is 0 Å². The quantitative estimate of drug-likeness (QED) is 0.538. The first-order valence-corrected chi connectivity index (χ1v) is 9.52. The van der Waals surface area contributed by atoms with Crippen LogP contribution in [0.3, 0.4) is 0 Å². The van der Waals surface area contributed by atoms with Crippen molar-refractivity contribution in [2.45, 2.75) is 90.8 Å². The fourth-order valence-corrected chi connectivity index (χ4v) is 3.27. The molecule has 7 heteroatoms. The third-order valence-electron chi connectivity index (χ3n) is 4.80. The SMILES string of the molecule is C[C@@H]1C[C@@H](O)CN1C(=O)[C@@H](NC(=O)CCCCCCC(=O)O)C(C)(C)C. The predicted molar refractivity (Wildman–Crippen MR) is 98.5 cm³/mol. The van der Waals surface area contributed by atoms with E-state index in [1.54, 1.807) is 4.90 Å². The molecule has 2 amide bonds. The van der Waals surface area contributed by atoms with Crippen molar-refractivity contribution in [1.82, 2.24) is 10.2 Å². The minimum absolute atomic E-state index is 0.0338. The number of carboxylic acids is 1. The van der Waals surface area contributed by atoms with Crippen molar-refractivity contribution in [1.29, 1.82) is 0 Å². The summed E-state index contributed by atoms with van der Waals surface area (Å²) >= 11 is 0. The van der Waals surface area contributed by atoms with Crippen molar-refractivity contribution in [2.24, 2.45) is 5.41 Å². The fraction of sp³-hybridized carbons (Fsp3) is 0.842. The Bertz CT molecular complexity index is 501. The van der Waals surface area contributed by atoms with Crippen LogP contribution in [0.1, 0.15) is 72.6 Å². The Labute approximate surface area is 156 Å². The van der Waals surface area contributed by atoms with E-state index in [0.717, 1.165) is 12.8 Å². The minimum Gasteiger partial charge on any atom is -0.481 e. The fourth-order valence-electron chi connectivity index (χ4n) is 3.27. The summed E-state index contributed by atoms with van der Waals surface area (Å²) in [6.07, 6.45) is 3.42. The van der Waals surface area contributed by atoms with Gasteiger partial charge in [-0.1, -0.05) is 33.6 Å². The van der Waals surface area contributed by atoms with Gasteiger partial charge in [-0.05, 0) is 31.6 Å². The first-order chi connectivity index (χ1) is 12.0. The third-order valence-corrected chi connectivity index (χ3v) is 4.80. The summed E-state index contributed by atoms with van der Waals surface area (Å²) in [6, 6.07) is -0.664. The molecule has 0 aromatic rings. The zero-order chi connectivity index (χ0) is 19.9. The molecule has 3 atom stereocenters. The van der Waals surface area contributed by atoms with E-state index in [1.807, 2.05) is 27.7 Å². The molecule has 0 spiro atoms. The summed E-state index contributed by atoms with van der Waals surface area (Å²) in [5.74, 6) is -1.10. The Morgan fingerprint density at radius 3 is 2.15 bits per heavy atom. The van der Waals surface area contributed by atoms with Gasteiger partial charge in [0.15, 0.2) is 0 Å². The van der Waals surface area contributed by atoms with Gasteiger partial charge in [0.2, 0.25) is 11.8 Å². The number of carboxylic acid groups (broad SMARTS) is 1. The highest BCUT2D eigenvalue weighted by Crippen LogP contribution is 2.25. The number of aliphatic hydroxyl groups is 1. The first kappa shape index (κ1) is 22.4. The van der Waals surface area contributed by atoms with Gasteiger partial charge in [0.25, 0.3) is 0 Å². The maximum Gasteiger partial charge on any atom is 0.303 e. The Hall–Kier alpha value is -1.63. The van der Waals surface area contributed by atoms with Crippen LogP contribution in [0.2, 0.25) is 0 Å². The third kappa shape index (κ3) is 7.32. The molecule has 0 aromatic heterocycles. The van der Waals surface area contributed by atoms with Crippen LogP contribution in [-0.4, -0.2) is 57.6 Å². The summed E-state index contributed by atoms with van der Waals surface area (Å²) in [6.45, 7) is 7.97. The van der Waals surface area contributed by atoms with Gasteiger partial charge in [0, 0.05) is 25.4 Å².